The molecule has 0 fully saturated rings. The van der Waals surface area contributed by atoms with Gasteiger partial charge in [-0.2, -0.15) is 0 Å². The van der Waals surface area contributed by atoms with Gasteiger partial charge in [-0.3, -0.25) is 29.0 Å². The second-order valence-corrected chi connectivity index (χ2v) is 15.6. The van der Waals surface area contributed by atoms with Crippen molar-refractivity contribution in [2.24, 2.45) is 17.6 Å². The van der Waals surface area contributed by atoms with Crippen LogP contribution in [0, 0.1) is 11.8 Å². The van der Waals surface area contributed by atoms with E-state index in [1.54, 1.807) is 12.1 Å². The van der Waals surface area contributed by atoms with Gasteiger partial charge in [-0.05, 0) is 76.0 Å². The molecule has 3 aromatic carbocycles. The summed E-state index contributed by atoms with van der Waals surface area (Å²) in [6, 6.07) is 14.5. The molecule has 0 unspecified atom stereocenters. The molecule has 0 bridgehead atoms. The first kappa shape index (κ1) is 38.1. The lowest BCUT2D eigenvalue weighted by molar-refractivity contribution is -0.151. The first-order valence-corrected chi connectivity index (χ1v) is 18.1. The molecule has 54 heavy (non-hydrogen) atoms. The van der Waals surface area contributed by atoms with Crippen LogP contribution >= 0.6 is 11.6 Å². The number of halogens is 1. The molecule has 3 aliphatic rings. The number of aromatic nitrogens is 2. The fourth-order valence-electron chi connectivity index (χ4n) is 7.44. The van der Waals surface area contributed by atoms with Crippen LogP contribution in [0.3, 0.4) is 0 Å². The predicted octanol–water partition coefficient (Wildman–Crippen LogP) is 2.45. The molecule has 0 radical (unpaired) electrons. The number of aromatic hydroxyl groups is 1. The zero-order chi connectivity index (χ0) is 39.7. The summed E-state index contributed by atoms with van der Waals surface area (Å²) in [7, 11) is -0.678. The standard InChI is InChI=1S/C22H23ClN2O8.C14H12N4O2S/c1-21(32)7-6-8-15(25(2)3)17(28)13(20(24)31)19(30)22(8,33)18(29)11(7)16(27)12-10(26)5-4-9(23)14(12)21;15-10-5-7-11(8-6-10)21(19,20)18-14-9-16-12-3-1-2-4-13(12)17-14/h4-5,7-8,15,26,28-29,32-33H,6H2,1-3H3,(H2,24,31);1-9H,15H2,(H,17,18)/t7-,8-,15-,21-,22-;/m0./s1. The van der Waals surface area contributed by atoms with Crippen LogP contribution in [0.1, 0.15) is 29.3 Å². The molecule has 282 valence electrons. The Labute approximate surface area is 313 Å². The molecule has 0 spiro atoms. The van der Waals surface area contributed by atoms with Crippen molar-refractivity contribution in [2.75, 3.05) is 24.6 Å². The minimum atomic E-state index is -3.71. The molecule has 10 N–H and O–H groups in total. The van der Waals surface area contributed by atoms with E-state index in [2.05, 4.69) is 14.7 Å². The van der Waals surface area contributed by atoms with Crippen molar-refractivity contribution in [3.05, 3.63) is 106 Å². The Hall–Kier alpha value is -5.59. The average Bonchev–Trinajstić information content (AvgIpc) is 3.09. The number of benzene rings is 3. The highest BCUT2D eigenvalue weighted by molar-refractivity contribution is 7.92. The summed E-state index contributed by atoms with van der Waals surface area (Å²) in [5.74, 6) is -8.12. The van der Waals surface area contributed by atoms with Gasteiger partial charge in [0.05, 0.1) is 39.3 Å². The number of carbonyl (C=O) groups excluding carboxylic acids is 3. The summed E-state index contributed by atoms with van der Waals surface area (Å²) < 4.78 is 26.9. The summed E-state index contributed by atoms with van der Waals surface area (Å²) in [5.41, 5.74) is 6.16. The van der Waals surface area contributed by atoms with Gasteiger partial charge in [0.1, 0.15) is 22.8 Å². The molecule has 16 nitrogen and oxygen atoms in total. The van der Waals surface area contributed by atoms with Gasteiger partial charge in [-0.1, -0.05) is 23.7 Å². The van der Waals surface area contributed by atoms with Crippen LogP contribution < -0.4 is 16.2 Å². The van der Waals surface area contributed by atoms with Crippen molar-refractivity contribution in [3.8, 4) is 5.75 Å². The van der Waals surface area contributed by atoms with E-state index in [9.17, 15) is 48.3 Å². The molecular formula is C36H35ClN6O10S. The third-order valence-corrected chi connectivity index (χ3v) is 11.6. The Balaban J connectivity index is 0.000000203. The number of nitrogens with one attached hydrogen (secondary N) is 1. The highest BCUT2D eigenvalue weighted by atomic mass is 35.5. The second-order valence-electron chi connectivity index (χ2n) is 13.5. The average molecular weight is 779 g/mol. The van der Waals surface area contributed by atoms with Gasteiger partial charge in [-0.25, -0.2) is 13.4 Å². The first-order chi connectivity index (χ1) is 25.2. The number of aliphatic hydroxyl groups is 4. The fraction of sp³-hybridized carbons (Fsp3) is 0.250. The largest absolute Gasteiger partial charge is 0.510 e. The van der Waals surface area contributed by atoms with Crippen molar-refractivity contribution in [3.63, 3.8) is 0 Å². The molecular weight excluding hydrogens is 744 g/mol. The number of hydrogen-bond donors (Lipinski definition) is 8. The van der Waals surface area contributed by atoms with Crippen LogP contribution in [0.15, 0.2) is 94.4 Å². The number of nitrogen functional groups attached to an aromatic ring is 1. The number of aliphatic hydroxyl groups excluding tert-OH is 2. The maximum absolute atomic E-state index is 13.4. The van der Waals surface area contributed by atoms with Gasteiger partial charge in [0.25, 0.3) is 15.9 Å². The van der Waals surface area contributed by atoms with Crippen molar-refractivity contribution in [1.29, 1.82) is 0 Å². The van der Waals surface area contributed by atoms with E-state index in [-0.39, 0.29) is 33.3 Å². The summed E-state index contributed by atoms with van der Waals surface area (Å²) in [4.78, 5) is 48.5. The van der Waals surface area contributed by atoms with E-state index < -0.39 is 85.0 Å². The monoisotopic (exact) mass is 778 g/mol. The van der Waals surface area contributed by atoms with E-state index in [0.717, 1.165) is 6.07 Å². The third-order valence-electron chi connectivity index (χ3n) is 9.95. The number of likely N-dealkylation sites (N-methyl/N-ethyl adjacent to an activating group) is 1. The Morgan fingerprint density at radius 2 is 1.63 bits per heavy atom. The summed E-state index contributed by atoms with van der Waals surface area (Å²) in [6.07, 6.45) is 1.13. The number of sulfonamides is 1. The molecule has 7 rings (SSSR count). The van der Waals surface area contributed by atoms with E-state index in [4.69, 9.17) is 23.1 Å². The third kappa shape index (κ3) is 5.99. The SMILES string of the molecule is CN(C)[C@@H]1C(O)=C(C(N)=O)C(=O)[C@@]2(O)C(O)=C3C(=O)c4c(O)ccc(Cl)c4[C@@](C)(O)[C@H]3C[C@@H]12.Nc1ccc(S(=O)(=O)Nc2cnc3ccccc3n2)cc1. The van der Waals surface area contributed by atoms with Crippen LogP contribution in [-0.4, -0.2) is 92.0 Å². The zero-order valence-electron chi connectivity index (χ0n) is 28.8. The van der Waals surface area contributed by atoms with Gasteiger partial charge < -0.3 is 37.0 Å². The van der Waals surface area contributed by atoms with E-state index in [0.29, 0.717) is 16.7 Å². The number of phenols is 1. The van der Waals surface area contributed by atoms with Crippen LogP contribution in [0.5, 0.6) is 5.75 Å². The molecule has 5 atom stereocenters. The number of nitrogens with zero attached hydrogens (tertiary/aromatic N) is 3. The molecule has 0 saturated carbocycles. The van der Waals surface area contributed by atoms with E-state index in [1.807, 2.05) is 12.1 Å². The lowest BCUT2D eigenvalue weighted by atomic mass is 9.55. The number of rotatable bonds is 5. The lowest BCUT2D eigenvalue weighted by Gasteiger charge is -2.52. The van der Waals surface area contributed by atoms with Crippen LogP contribution in [0.25, 0.3) is 11.0 Å². The molecule has 3 aliphatic carbocycles. The number of nitrogens with two attached hydrogens (primary N) is 2. The number of hydrogen-bond acceptors (Lipinski definition) is 14. The van der Waals surface area contributed by atoms with Gasteiger partial charge in [0, 0.05) is 33.7 Å². The smallest absolute Gasteiger partial charge is 0.263 e. The molecule has 1 aromatic heterocycles. The van der Waals surface area contributed by atoms with E-state index in [1.165, 1.54) is 62.4 Å². The number of amides is 1. The number of Topliss-reactive ketones (excluding diaryl/α,β-unsaturated/α-hetero) is 2. The van der Waals surface area contributed by atoms with Gasteiger partial charge in [0.15, 0.2) is 17.2 Å². The highest BCUT2D eigenvalue weighted by Crippen LogP contribution is 2.57. The Morgan fingerprint density at radius 1 is 1.00 bits per heavy atom. The first-order valence-electron chi connectivity index (χ1n) is 16.2. The van der Waals surface area contributed by atoms with Crippen molar-refractivity contribution in [1.82, 2.24) is 14.9 Å². The Morgan fingerprint density at radius 3 is 2.24 bits per heavy atom. The number of phenolic OH excluding ortho intramolecular Hbond substituents is 1. The summed E-state index contributed by atoms with van der Waals surface area (Å²) in [5, 5.41) is 55.3. The number of fused-ring (bicyclic) bond motifs is 4. The Kier molecular flexibility index (Phi) is 9.44. The molecule has 1 amide bonds. The summed E-state index contributed by atoms with van der Waals surface area (Å²) >= 11 is 6.26. The van der Waals surface area contributed by atoms with E-state index >= 15 is 0 Å². The van der Waals surface area contributed by atoms with Crippen molar-refractivity contribution >= 4 is 61.6 Å². The van der Waals surface area contributed by atoms with Crippen molar-refractivity contribution in [2.45, 2.75) is 35.5 Å². The minimum absolute atomic E-state index is 0.00293. The number of primary amides is 1. The van der Waals surface area contributed by atoms with Gasteiger partial charge in [0.2, 0.25) is 5.78 Å². The maximum atomic E-state index is 13.4. The molecule has 4 aromatic rings. The maximum Gasteiger partial charge on any atom is 0.263 e. The van der Waals surface area contributed by atoms with Crippen LogP contribution in [-0.2, 0) is 25.2 Å². The number of carbonyl (C=O) groups is 3. The predicted molar refractivity (Wildman–Crippen MR) is 196 cm³/mol. The highest BCUT2D eigenvalue weighted by Gasteiger charge is 2.65. The summed E-state index contributed by atoms with van der Waals surface area (Å²) in [6.45, 7) is 1.34. The zero-order valence-corrected chi connectivity index (χ0v) is 30.4. The molecule has 0 aliphatic heterocycles. The topological polar surface area (TPSA) is 280 Å². The number of ketones is 2. The Bertz CT molecular complexity index is 2430. The molecule has 0 saturated heterocycles. The van der Waals surface area contributed by atoms with Crippen LogP contribution in [0.2, 0.25) is 5.02 Å². The minimum Gasteiger partial charge on any atom is -0.510 e. The fourth-order valence-corrected chi connectivity index (χ4v) is 8.77. The van der Waals surface area contributed by atoms with Gasteiger partial charge in [-0.15, -0.1) is 0 Å². The van der Waals surface area contributed by atoms with Crippen molar-refractivity contribution < 1.29 is 48.3 Å². The quantitative estimate of drug-likeness (QED) is 0.107. The lowest BCUT2D eigenvalue weighted by Crippen LogP contribution is -2.65. The number of para-hydroxylation sites is 2. The molecule has 1 heterocycles. The van der Waals surface area contributed by atoms with Crippen LogP contribution in [0.4, 0.5) is 11.5 Å². The second kappa shape index (κ2) is 13.4. The molecule has 18 heteroatoms. The number of anilines is 2. The normalized spacial score (nSPS) is 25.1. The van der Waals surface area contributed by atoms with Gasteiger partial charge >= 0.3 is 0 Å².